The zero-order valence-corrected chi connectivity index (χ0v) is 17.4. The molecule has 1 saturated heterocycles. The van der Waals surface area contributed by atoms with Crippen LogP contribution in [0.15, 0.2) is 27.8 Å². The van der Waals surface area contributed by atoms with Crippen LogP contribution in [0.5, 0.6) is 0 Å². The number of likely N-dealkylation sites (tertiary alicyclic amines) is 1. The van der Waals surface area contributed by atoms with Crippen molar-refractivity contribution in [3.63, 3.8) is 0 Å². The summed E-state index contributed by atoms with van der Waals surface area (Å²) >= 11 is 1.37. The number of aromatic nitrogens is 1. The van der Waals surface area contributed by atoms with Crippen molar-refractivity contribution in [1.82, 2.24) is 15.2 Å². The van der Waals surface area contributed by atoms with Gasteiger partial charge in [-0.15, -0.1) is 11.3 Å². The van der Waals surface area contributed by atoms with Gasteiger partial charge in [-0.2, -0.15) is 0 Å². The number of halogens is 2. The van der Waals surface area contributed by atoms with Crippen molar-refractivity contribution < 1.29 is 28.2 Å². The van der Waals surface area contributed by atoms with Gasteiger partial charge in [0.1, 0.15) is 0 Å². The summed E-state index contributed by atoms with van der Waals surface area (Å²) in [6.45, 7) is 1.47. The molecular formula is C19H24F2N4O4S. The average Bonchev–Trinajstić information content (AvgIpc) is 3.21. The standard InChI is InChI=1S/C19H24F2N4O4S/c1-2-29-18(28)13-9-23-16(17-22-7-8-30-17)24-14(13)10-25-11-19(20,21)6-5-12(25)3-4-15(26)27/h7-8,12H,2-6,9-11H2,1H3,(H,23,24)(H,26,27). The largest absolute Gasteiger partial charge is 0.481 e. The van der Waals surface area contributed by atoms with E-state index in [0.717, 1.165) is 0 Å². The van der Waals surface area contributed by atoms with Gasteiger partial charge in [0, 0.05) is 42.7 Å². The molecule has 1 aromatic rings. The fourth-order valence-electron chi connectivity index (χ4n) is 3.58. The zero-order chi connectivity index (χ0) is 21.7. The Hall–Kier alpha value is -2.40. The van der Waals surface area contributed by atoms with Crippen LogP contribution in [-0.2, 0) is 14.3 Å². The number of aliphatic imine (C=N–C) groups is 1. The molecule has 1 aromatic heterocycles. The van der Waals surface area contributed by atoms with Crippen molar-refractivity contribution in [1.29, 1.82) is 0 Å². The van der Waals surface area contributed by atoms with Crippen LogP contribution >= 0.6 is 11.3 Å². The molecule has 0 aliphatic carbocycles. The van der Waals surface area contributed by atoms with Crippen molar-refractivity contribution in [2.24, 2.45) is 4.99 Å². The number of nitrogens with zero attached hydrogens (tertiary/aromatic N) is 3. The van der Waals surface area contributed by atoms with Gasteiger partial charge in [0.15, 0.2) is 10.8 Å². The van der Waals surface area contributed by atoms with Crippen molar-refractivity contribution in [2.45, 2.75) is 44.6 Å². The minimum absolute atomic E-state index is 0.0401. The van der Waals surface area contributed by atoms with E-state index in [1.807, 2.05) is 0 Å². The van der Waals surface area contributed by atoms with Gasteiger partial charge in [-0.05, 0) is 19.8 Å². The molecule has 0 aromatic carbocycles. The van der Waals surface area contributed by atoms with Gasteiger partial charge in [-0.25, -0.2) is 18.6 Å². The predicted octanol–water partition coefficient (Wildman–Crippen LogP) is 2.27. The lowest BCUT2D eigenvalue weighted by Crippen LogP contribution is -2.51. The number of nitrogens with one attached hydrogen (secondary N) is 1. The number of esters is 1. The molecule has 0 saturated carbocycles. The number of carboxylic acid groups (broad SMARTS) is 1. The fraction of sp³-hybridized carbons (Fsp3) is 0.579. The normalized spacial score (nSPS) is 21.7. The molecule has 2 N–H and O–H groups in total. The highest BCUT2D eigenvalue weighted by atomic mass is 32.1. The number of carbonyl (C=O) groups is 2. The van der Waals surface area contributed by atoms with E-state index in [-0.39, 0.29) is 57.0 Å². The number of ether oxygens (including phenoxy) is 1. The van der Waals surface area contributed by atoms with E-state index in [1.54, 1.807) is 23.4 Å². The molecular weight excluding hydrogens is 418 g/mol. The van der Waals surface area contributed by atoms with Crippen LogP contribution in [0.2, 0.25) is 0 Å². The number of rotatable bonds is 8. The first kappa shape index (κ1) is 22.3. The second-order valence-electron chi connectivity index (χ2n) is 7.19. The maximum absolute atomic E-state index is 14.1. The monoisotopic (exact) mass is 442 g/mol. The Morgan fingerprint density at radius 3 is 2.93 bits per heavy atom. The Morgan fingerprint density at radius 1 is 1.47 bits per heavy atom. The van der Waals surface area contributed by atoms with Crippen LogP contribution in [0.25, 0.3) is 0 Å². The topological polar surface area (TPSA) is 104 Å². The molecule has 30 heavy (non-hydrogen) atoms. The van der Waals surface area contributed by atoms with Crippen LogP contribution in [0.4, 0.5) is 8.78 Å². The van der Waals surface area contributed by atoms with E-state index < -0.39 is 24.4 Å². The molecule has 11 heteroatoms. The van der Waals surface area contributed by atoms with E-state index in [1.165, 1.54) is 11.3 Å². The van der Waals surface area contributed by atoms with Crippen LogP contribution in [-0.4, -0.2) is 71.0 Å². The van der Waals surface area contributed by atoms with E-state index in [9.17, 15) is 18.4 Å². The molecule has 2 aliphatic heterocycles. The number of aliphatic carboxylic acids is 1. The molecule has 0 spiro atoms. The Kier molecular flexibility index (Phi) is 7.14. The molecule has 0 bridgehead atoms. The lowest BCUT2D eigenvalue weighted by molar-refractivity contribution is -0.139. The van der Waals surface area contributed by atoms with Crippen molar-refractivity contribution in [3.8, 4) is 0 Å². The number of hydrogen-bond acceptors (Lipinski definition) is 8. The highest BCUT2D eigenvalue weighted by Gasteiger charge is 2.40. The first-order valence-electron chi connectivity index (χ1n) is 9.73. The summed E-state index contributed by atoms with van der Waals surface area (Å²) in [6.07, 6.45) is 1.70. The van der Waals surface area contributed by atoms with Crippen LogP contribution < -0.4 is 5.32 Å². The van der Waals surface area contributed by atoms with Crippen molar-refractivity contribution in [3.05, 3.63) is 27.9 Å². The molecule has 0 amide bonds. The quantitative estimate of drug-likeness (QED) is 0.595. The highest BCUT2D eigenvalue weighted by molar-refractivity contribution is 7.11. The van der Waals surface area contributed by atoms with Crippen molar-refractivity contribution in [2.75, 3.05) is 26.2 Å². The lowest BCUT2D eigenvalue weighted by Gasteiger charge is -2.40. The van der Waals surface area contributed by atoms with Gasteiger partial charge >= 0.3 is 11.9 Å². The number of carboxylic acids is 1. The second kappa shape index (κ2) is 9.61. The first-order valence-corrected chi connectivity index (χ1v) is 10.6. The smallest absolute Gasteiger partial charge is 0.337 e. The lowest BCUT2D eigenvalue weighted by atomic mass is 9.95. The Balaban J connectivity index is 1.84. The third-order valence-corrected chi connectivity index (χ3v) is 5.81. The Labute approximate surface area is 176 Å². The molecule has 164 valence electrons. The minimum Gasteiger partial charge on any atom is -0.481 e. The highest BCUT2D eigenvalue weighted by Crippen LogP contribution is 2.32. The van der Waals surface area contributed by atoms with Gasteiger partial charge < -0.3 is 15.2 Å². The Bertz CT molecular complexity index is 842. The number of carbonyl (C=O) groups excluding carboxylic acids is 1. The number of piperidine rings is 1. The fourth-order valence-corrected chi connectivity index (χ4v) is 4.18. The molecule has 3 heterocycles. The zero-order valence-electron chi connectivity index (χ0n) is 16.6. The number of alkyl halides is 2. The van der Waals surface area contributed by atoms with Crippen LogP contribution in [0, 0.1) is 0 Å². The number of hydrogen-bond donors (Lipinski definition) is 2. The van der Waals surface area contributed by atoms with Crippen LogP contribution in [0.3, 0.4) is 0 Å². The second-order valence-corrected chi connectivity index (χ2v) is 8.09. The molecule has 1 fully saturated rings. The summed E-state index contributed by atoms with van der Waals surface area (Å²) in [6, 6.07) is -0.319. The molecule has 0 radical (unpaired) electrons. The van der Waals surface area contributed by atoms with E-state index in [4.69, 9.17) is 9.84 Å². The van der Waals surface area contributed by atoms with Gasteiger partial charge in [0.05, 0.1) is 25.3 Å². The molecule has 8 nitrogen and oxygen atoms in total. The maximum atomic E-state index is 14.1. The molecule has 1 atom stereocenters. The van der Waals surface area contributed by atoms with Crippen LogP contribution in [0.1, 0.15) is 37.6 Å². The summed E-state index contributed by atoms with van der Waals surface area (Å²) in [5.74, 6) is -3.91. The summed E-state index contributed by atoms with van der Waals surface area (Å²) in [5, 5.41) is 14.5. The molecule has 3 rings (SSSR count). The molecule has 2 aliphatic rings. The summed E-state index contributed by atoms with van der Waals surface area (Å²) in [4.78, 5) is 33.5. The third kappa shape index (κ3) is 5.60. The number of amidine groups is 1. The Morgan fingerprint density at radius 2 is 2.27 bits per heavy atom. The van der Waals surface area contributed by atoms with Gasteiger partial charge in [-0.1, -0.05) is 0 Å². The third-order valence-electron chi connectivity index (χ3n) is 5.03. The van der Waals surface area contributed by atoms with E-state index in [2.05, 4.69) is 15.3 Å². The van der Waals surface area contributed by atoms with Gasteiger partial charge in [0.25, 0.3) is 5.92 Å². The van der Waals surface area contributed by atoms with Crippen molar-refractivity contribution >= 4 is 29.1 Å². The van der Waals surface area contributed by atoms with Gasteiger partial charge in [0.2, 0.25) is 0 Å². The first-order chi connectivity index (χ1) is 14.3. The van der Waals surface area contributed by atoms with Gasteiger partial charge in [-0.3, -0.25) is 14.7 Å². The van der Waals surface area contributed by atoms with E-state index in [0.29, 0.717) is 16.5 Å². The SMILES string of the molecule is CCOC(=O)C1=C(CN2CC(F)(F)CCC2CCC(=O)O)NC(c2nccs2)=NC1. The molecule has 1 unspecified atom stereocenters. The predicted molar refractivity (Wildman–Crippen MR) is 107 cm³/mol. The summed E-state index contributed by atoms with van der Waals surface area (Å²) < 4.78 is 33.4. The minimum atomic E-state index is -2.87. The van der Waals surface area contributed by atoms with E-state index >= 15 is 0 Å². The number of thiazole rings is 1. The summed E-state index contributed by atoms with van der Waals surface area (Å²) in [7, 11) is 0. The average molecular weight is 442 g/mol. The maximum Gasteiger partial charge on any atom is 0.337 e. The summed E-state index contributed by atoms with van der Waals surface area (Å²) in [5.41, 5.74) is 0.717.